The van der Waals surface area contributed by atoms with Crippen LogP contribution in [0.25, 0.3) is 0 Å². The van der Waals surface area contributed by atoms with Crippen LogP contribution in [0.4, 0.5) is 15.8 Å². The number of anilines is 2. The lowest BCUT2D eigenvalue weighted by atomic mass is 9.74. The summed E-state index contributed by atoms with van der Waals surface area (Å²) in [6.07, 6.45) is 2.14. The van der Waals surface area contributed by atoms with Crippen LogP contribution in [0, 0.1) is 17.2 Å². The summed E-state index contributed by atoms with van der Waals surface area (Å²) in [6, 6.07) is 4.77. The number of ether oxygens (including phenoxy) is 1. The maximum atomic E-state index is 13.7. The Labute approximate surface area is 114 Å². The van der Waals surface area contributed by atoms with Crippen LogP contribution >= 0.6 is 0 Å². The van der Waals surface area contributed by atoms with Crippen LogP contribution in [0.1, 0.15) is 26.7 Å². The molecular weight excluding hydrogens is 243 g/mol. The van der Waals surface area contributed by atoms with E-state index in [9.17, 15) is 4.39 Å². The summed E-state index contributed by atoms with van der Waals surface area (Å²) in [7, 11) is 0. The topological polar surface area (TPSA) is 47.3 Å². The molecule has 3 N–H and O–H groups in total. The van der Waals surface area contributed by atoms with Gasteiger partial charge >= 0.3 is 0 Å². The molecule has 0 unspecified atom stereocenters. The summed E-state index contributed by atoms with van der Waals surface area (Å²) in [5.41, 5.74) is 6.78. The van der Waals surface area contributed by atoms with Crippen molar-refractivity contribution in [2.75, 3.05) is 30.8 Å². The van der Waals surface area contributed by atoms with E-state index < -0.39 is 0 Å². The largest absolute Gasteiger partial charge is 0.397 e. The molecule has 0 amide bonds. The first-order chi connectivity index (χ1) is 9.00. The Morgan fingerprint density at radius 3 is 2.68 bits per heavy atom. The van der Waals surface area contributed by atoms with Gasteiger partial charge in [0.25, 0.3) is 0 Å². The molecule has 0 saturated carbocycles. The second-order valence-electron chi connectivity index (χ2n) is 5.93. The predicted octanol–water partition coefficient (Wildman–Crippen LogP) is 3.27. The highest BCUT2D eigenvalue weighted by atomic mass is 19.1. The van der Waals surface area contributed by atoms with Crippen molar-refractivity contribution in [1.82, 2.24) is 0 Å². The Morgan fingerprint density at radius 2 is 2.05 bits per heavy atom. The highest BCUT2D eigenvalue weighted by Gasteiger charge is 2.31. The minimum atomic E-state index is -0.289. The number of hydrogen-bond donors (Lipinski definition) is 2. The van der Waals surface area contributed by atoms with Crippen molar-refractivity contribution < 1.29 is 9.13 Å². The number of hydrogen-bond acceptors (Lipinski definition) is 3. The van der Waals surface area contributed by atoms with Crippen LogP contribution in [0.15, 0.2) is 18.2 Å². The van der Waals surface area contributed by atoms with E-state index in [1.165, 1.54) is 6.07 Å². The Hall–Kier alpha value is -1.29. The predicted molar refractivity (Wildman–Crippen MR) is 76.6 cm³/mol. The Kier molecular flexibility index (Phi) is 4.30. The second-order valence-corrected chi connectivity index (χ2v) is 5.93. The van der Waals surface area contributed by atoms with Gasteiger partial charge in [-0.05, 0) is 36.3 Å². The smallest absolute Gasteiger partial charge is 0.148 e. The van der Waals surface area contributed by atoms with Crippen molar-refractivity contribution in [2.45, 2.75) is 26.7 Å². The van der Waals surface area contributed by atoms with Gasteiger partial charge in [-0.1, -0.05) is 19.9 Å². The number of rotatable bonds is 4. The van der Waals surface area contributed by atoms with Gasteiger partial charge in [-0.25, -0.2) is 4.39 Å². The van der Waals surface area contributed by atoms with Crippen LogP contribution in [0.5, 0.6) is 0 Å². The second kappa shape index (κ2) is 5.78. The zero-order valence-electron chi connectivity index (χ0n) is 11.7. The van der Waals surface area contributed by atoms with Crippen molar-refractivity contribution in [3.05, 3.63) is 24.0 Å². The molecule has 1 aromatic rings. The van der Waals surface area contributed by atoms with Crippen molar-refractivity contribution in [3.8, 4) is 0 Å². The average molecular weight is 266 g/mol. The van der Waals surface area contributed by atoms with Crippen LogP contribution < -0.4 is 11.1 Å². The summed E-state index contributed by atoms with van der Waals surface area (Å²) in [5.74, 6) is 0.310. The summed E-state index contributed by atoms with van der Waals surface area (Å²) >= 11 is 0. The Morgan fingerprint density at radius 1 is 1.37 bits per heavy atom. The Balaban J connectivity index is 2.00. The van der Waals surface area contributed by atoms with Crippen molar-refractivity contribution in [1.29, 1.82) is 0 Å². The van der Waals surface area contributed by atoms with E-state index in [4.69, 9.17) is 10.5 Å². The molecule has 2 rings (SSSR count). The lowest BCUT2D eigenvalue weighted by Crippen LogP contribution is -2.35. The highest BCUT2D eigenvalue weighted by molar-refractivity contribution is 5.66. The quantitative estimate of drug-likeness (QED) is 0.822. The van der Waals surface area contributed by atoms with Crippen LogP contribution in [-0.4, -0.2) is 19.8 Å². The first-order valence-electron chi connectivity index (χ1n) is 6.86. The first kappa shape index (κ1) is 14.1. The van der Waals surface area contributed by atoms with Gasteiger partial charge in [-0.3, -0.25) is 0 Å². The molecule has 0 aliphatic carbocycles. The van der Waals surface area contributed by atoms with Crippen molar-refractivity contribution in [3.63, 3.8) is 0 Å². The average Bonchev–Trinajstić information content (AvgIpc) is 2.39. The molecule has 3 nitrogen and oxygen atoms in total. The van der Waals surface area contributed by atoms with E-state index in [1.807, 2.05) is 0 Å². The normalized spacial score (nSPS) is 17.4. The SMILES string of the molecule is CC(C)(CNc1c(N)cccc1F)C1CCOCC1. The van der Waals surface area contributed by atoms with E-state index in [0.29, 0.717) is 23.8 Å². The fourth-order valence-electron chi connectivity index (χ4n) is 2.67. The van der Waals surface area contributed by atoms with Gasteiger partial charge in [0, 0.05) is 19.8 Å². The van der Waals surface area contributed by atoms with Crippen LogP contribution in [0.2, 0.25) is 0 Å². The lowest BCUT2D eigenvalue weighted by Gasteiger charge is -2.37. The zero-order valence-corrected chi connectivity index (χ0v) is 11.7. The number of nitrogen functional groups attached to an aromatic ring is 1. The zero-order chi connectivity index (χ0) is 13.9. The van der Waals surface area contributed by atoms with Crippen LogP contribution in [0.3, 0.4) is 0 Å². The molecular formula is C15H23FN2O. The van der Waals surface area contributed by atoms with Gasteiger partial charge in [0.2, 0.25) is 0 Å². The van der Waals surface area contributed by atoms with E-state index in [1.54, 1.807) is 12.1 Å². The Bertz CT molecular complexity index is 408. The molecule has 1 aliphatic heterocycles. The van der Waals surface area contributed by atoms with Gasteiger partial charge in [-0.2, -0.15) is 0 Å². The molecule has 0 spiro atoms. The number of benzene rings is 1. The molecule has 19 heavy (non-hydrogen) atoms. The molecule has 0 bridgehead atoms. The molecule has 4 heteroatoms. The number of nitrogens with two attached hydrogens (primary N) is 1. The third kappa shape index (κ3) is 3.38. The summed E-state index contributed by atoms with van der Waals surface area (Å²) in [4.78, 5) is 0. The summed E-state index contributed by atoms with van der Waals surface area (Å²) in [5, 5.41) is 3.18. The number of halogens is 1. The summed E-state index contributed by atoms with van der Waals surface area (Å²) < 4.78 is 19.1. The molecule has 1 fully saturated rings. The molecule has 1 aromatic carbocycles. The fourth-order valence-corrected chi connectivity index (χ4v) is 2.67. The van der Waals surface area contributed by atoms with Gasteiger partial charge in [-0.15, -0.1) is 0 Å². The third-order valence-electron chi connectivity index (χ3n) is 4.09. The monoisotopic (exact) mass is 266 g/mol. The minimum Gasteiger partial charge on any atom is -0.397 e. The van der Waals surface area contributed by atoms with Crippen molar-refractivity contribution >= 4 is 11.4 Å². The van der Waals surface area contributed by atoms with E-state index in [0.717, 1.165) is 26.1 Å². The molecule has 0 aromatic heterocycles. The molecule has 1 saturated heterocycles. The molecule has 1 aliphatic rings. The molecule has 0 radical (unpaired) electrons. The minimum absolute atomic E-state index is 0.0957. The highest BCUT2D eigenvalue weighted by Crippen LogP contribution is 2.35. The van der Waals surface area contributed by atoms with Gasteiger partial charge < -0.3 is 15.8 Å². The van der Waals surface area contributed by atoms with Crippen molar-refractivity contribution in [2.24, 2.45) is 11.3 Å². The summed E-state index contributed by atoms with van der Waals surface area (Å²) in [6.45, 7) is 6.80. The number of para-hydroxylation sites is 1. The van der Waals surface area contributed by atoms with Gasteiger partial charge in [0.1, 0.15) is 5.82 Å². The molecule has 1 heterocycles. The number of nitrogens with one attached hydrogen (secondary N) is 1. The van der Waals surface area contributed by atoms with Crippen LogP contribution in [-0.2, 0) is 4.74 Å². The van der Waals surface area contributed by atoms with Gasteiger partial charge in [0.05, 0.1) is 11.4 Å². The molecule has 0 atom stereocenters. The van der Waals surface area contributed by atoms with E-state index in [-0.39, 0.29) is 11.2 Å². The fraction of sp³-hybridized carbons (Fsp3) is 0.600. The standard InChI is InChI=1S/C15H23FN2O/c1-15(2,11-6-8-19-9-7-11)10-18-14-12(16)4-3-5-13(14)17/h3-5,11,18H,6-10,17H2,1-2H3. The van der Waals surface area contributed by atoms with E-state index >= 15 is 0 Å². The third-order valence-corrected chi connectivity index (χ3v) is 4.09. The van der Waals surface area contributed by atoms with Gasteiger partial charge in [0.15, 0.2) is 0 Å². The maximum absolute atomic E-state index is 13.7. The van der Waals surface area contributed by atoms with E-state index in [2.05, 4.69) is 19.2 Å². The first-order valence-corrected chi connectivity index (χ1v) is 6.86. The maximum Gasteiger partial charge on any atom is 0.148 e. The molecule has 106 valence electrons. The lowest BCUT2D eigenvalue weighted by molar-refractivity contribution is 0.0268.